The first kappa shape index (κ1) is 10.9. The molecular weight excluding hydrogens is 236 g/mol. The van der Waals surface area contributed by atoms with Crippen molar-refractivity contribution in [3.63, 3.8) is 0 Å². The lowest BCUT2D eigenvalue weighted by Crippen LogP contribution is -2.22. The number of fused-ring (bicyclic) bond motifs is 1. The summed E-state index contributed by atoms with van der Waals surface area (Å²) in [5.74, 6) is 0.0177. The molecule has 0 aromatic heterocycles. The van der Waals surface area contributed by atoms with Crippen LogP contribution in [0.3, 0.4) is 0 Å². The van der Waals surface area contributed by atoms with Gasteiger partial charge >= 0.3 is 0 Å². The Labute approximate surface area is 103 Å². The standard InChI is InChI=1S/C12H14N2O2S/c15-12-8-9-7-10(3-4-11(9)13-12)17(16)14-5-1-2-6-14/h3-4,7H,1-2,5-6,8H2,(H,13,15). The largest absolute Gasteiger partial charge is 0.326 e. The summed E-state index contributed by atoms with van der Waals surface area (Å²) in [6, 6.07) is 5.59. The van der Waals surface area contributed by atoms with Gasteiger partial charge in [-0.1, -0.05) is 0 Å². The van der Waals surface area contributed by atoms with Crippen LogP contribution in [0.1, 0.15) is 18.4 Å². The van der Waals surface area contributed by atoms with Crippen molar-refractivity contribution in [3.8, 4) is 0 Å². The van der Waals surface area contributed by atoms with Crippen molar-refractivity contribution in [3.05, 3.63) is 23.8 Å². The number of rotatable bonds is 2. The van der Waals surface area contributed by atoms with Gasteiger partial charge in [-0.2, -0.15) is 0 Å². The van der Waals surface area contributed by atoms with E-state index in [0.29, 0.717) is 6.42 Å². The predicted molar refractivity (Wildman–Crippen MR) is 66.0 cm³/mol. The Morgan fingerprint density at radius 3 is 2.76 bits per heavy atom. The van der Waals surface area contributed by atoms with Gasteiger partial charge in [-0.05, 0) is 36.6 Å². The van der Waals surface area contributed by atoms with E-state index in [9.17, 15) is 9.00 Å². The summed E-state index contributed by atoms with van der Waals surface area (Å²) in [6.45, 7) is 1.81. The van der Waals surface area contributed by atoms with Gasteiger partial charge in [0, 0.05) is 18.8 Å². The van der Waals surface area contributed by atoms with E-state index >= 15 is 0 Å². The molecule has 1 unspecified atom stereocenters. The predicted octanol–water partition coefficient (Wildman–Crippen LogP) is 1.30. The van der Waals surface area contributed by atoms with Crippen molar-refractivity contribution >= 4 is 22.6 Å². The van der Waals surface area contributed by atoms with E-state index in [2.05, 4.69) is 5.32 Å². The van der Waals surface area contributed by atoms with E-state index in [0.717, 1.165) is 42.1 Å². The number of nitrogens with zero attached hydrogens (tertiary/aromatic N) is 1. The van der Waals surface area contributed by atoms with Gasteiger partial charge in [0.1, 0.15) is 11.0 Å². The maximum absolute atomic E-state index is 12.3. The van der Waals surface area contributed by atoms with Crippen molar-refractivity contribution in [2.75, 3.05) is 18.4 Å². The molecule has 1 aromatic rings. The van der Waals surface area contributed by atoms with Crippen LogP contribution in [0.15, 0.2) is 23.1 Å². The summed E-state index contributed by atoms with van der Waals surface area (Å²) >= 11 is 0. The van der Waals surface area contributed by atoms with Gasteiger partial charge in [0.05, 0.1) is 11.3 Å². The Bertz CT molecular complexity index is 495. The lowest BCUT2D eigenvalue weighted by Gasteiger charge is -2.14. The normalized spacial score (nSPS) is 21.3. The molecule has 1 fully saturated rings. The molecule has 1 saturated heterocycles. The number of anilines is 1. The molecule has 0 radical (unpaired) electrons. The van der Waals surface area contributed by atoms with Crippen LogP contribution in [0.25, 0.3) is 0 Å². The highest BCUT2D eigenvalue weighted by molar-refractivity contribution is 7.82. The molecule has 5 heteroatoms. The average Bonchev–Trinajstić information content (AvgIpc) is 2.94. The summed E-state index contributed by atoms with van der Waals surface area (Å²) in [6.07, 6.45) is 2.65. The Kier molecular flexibility index (Phi) is 2.72. The molecule has 1 atom stereocenters. The van der Waals surface area contributed by atoms with Crippen molar-refractivity contribution in [1.29, 1.82) is 0 Å². The number of hydrogen-bond acceptors (Lipinski definition) is 2. The minimum absolute atomic E-state index is 0.0177. The molecule has 17 heavy (non-hydrogen) atoms. The third kappa shape index (κ3) is 2.00. The third-order valence-electron chi connectivity index (χ3n) is 3.20. The lowest BCUT2D eigenvalue weighted by atomic mass is 10.2. The van der Waals surface area contributed by atoms with E-state index in [-0.39, 0.29) is 5.91 Å². The van der Waals surface area contributed by atoms with Gasteiger partial charge in [-0.3, -0.25) is 4.79 Å². The summed E-state index contributed by atoms with van der Waals surface area (Å²) in [4.78, 5) is 12.0. The molecule has 0 saturated carbocycles. The topological polar surface area (TPSA) is 49.4 Å². The molecule has 2 heterocycles. The van der Waals surface area contributed by atoms with Crippen LogP contribution < -0.4 is 5.32 Å². The van der Waals surface area contributed by atoms with Gasteiger partial charge in [-0.25, -0.2) is 8.51 Å². The molecule has 2 aliphatic rings. The Hall–Kier alpha value is -1.20. The highest BCUT2D eigenvalue weighted by atomic mass is 32.2. The fraction of sp³-hybridized carbons (Fsp3) is 0.417. The Morgan fingerprint density at radius 1 is 1.24 bits per heavy atom. The number of carbonyl (C=O) groups excluding carboxylic acids is 1. The Balaban J connectivity index is 1.87. The summed E-state index contributed by atoms with van der Waals surface area (Å²) in [5, 5.41) is 2.78. The van der Waals surface area contributed by atoms with Gasteiger partial charge in [0.15, 0.2) is 0 Å². The molecule has 1 amide bonds. The SMILES string of the molecule is O=C1Cc2cc(S(=O)N3CCCC3)ccc2N1. The van der Waals surface area contributed by atoms with Gasteiger partial charge in [0.25, 0.3) is 0 Å². The maximum atomic E-state index is 12.3. The number of carbonyl (C=O) groups is 1. The molecule has 2 aliphatic heterocycles. The van der Waals surface area contributed by atoms with E-state index in [1.807, 2.05) is 22.5 Å². The monoisotopic (exact) mass is 250 g/mol. The molecule has 3 rings (SSSR count). The van der Waals surface area contributed by atoms with Gasteiger partial charge in [0.2, 0.25) is 5.91 Å². The molecule has 1 N–H and O–H groups in total. The molecule has 0 spiro atoms. The van der Waals surface area contributed by atoms with Crippen LogP contribution in [0.5, 0.6) is 0 Å². The van der Waals surface area contributed by atoms with Crippen LogP contribution in [0.4, 0.5) is 5.69 Å². The maximum Gasteiger partial charge on any atom is 0.228 e. The number of hydrogen-bond donors (Lipinski definition) is 1. The second kappa shape index (κ2) is 4.23. The second-order valence-corrected chi connectivity index (χ2v) is 5.92. The molecule has 90 valence electrons. The first-order chi connectivity index (χ1) is 8.24. The molecule has 0 bridgehead atoms. The molecule has 0 aliphatic carbocycles. The molecule has 4 nitrogen and oxygen atoms in total. The van der Waals surface area contributed by atoms with Crippen LogP contribution >= 0.6 is 0 Å². The highest BCUT2D eigenvalue weighted by Crippen LogP contribution is 2.26. The van der Waals surface area contributed by atoms with Crippen molar-refractivity contribution < 1.29 is 9.00 Å². The number of nitrogens with one attached hydrogen (secondary N) is 1. The van der Waals surface area contributed by atoms with E-state index < -0.39 is 11.0 Å². The van der Waals surface area contributed by atoms with E-state index in [1.165, 1.54) is 0 Å². The van der Waals surface area contributed by atoms with Crippen LogP contribution in [0.2, 0.25) is 0 Å². The smallest absolute Gasteiger partial charge is 0.228 e. The molecule has 1 aromatic carbocycles. The van der Waals surface area contributed by atoms with E-state index in [4.69, 9.17) is 0 Å². The first-order valence-corrected chi connectivity index (χ1v) is 6.94. The minimum atomic E-state index is -1.07. The summed E-state index contributed by atoms with van der Waals surface area (Å²) < 4.78 is 14.3. The minimum Gasteiger partial charge on any atom is -0.326 e. The second-order valence-electron chi connectivity index (χ2n) is 4.43. The zero-order valence-corrected chi connectivity index (χ0v) is 10.3. The number of benzene rings is 1. The summed E-state index contributed by atoms with van der Waals surface area (Å²) in [5.41, 5.74) is 1.82. The van der Waals surface area contributed by atoms with Crippen LogP contribution in [0, 0.1) is 0 Å². The van der Waals surface area contributed by atoms with Gasteiger partial charge < -0.3 is 5.32 Å². The lowest BCUT2D eigenvalue weighted by molar-refractivity contribution is -0.115. The Morgan fingerprint density at radius 2 is 2.00 bits per heavy atom. The van der Waals surface area contributed by atoms with Crippen LogP contribution in [-0.4, -0.2) is 27.5 Å². The van der Waals surface area contributed by atoms with Gasteiger partial charge in [-0.15, -0.1) is 0 Å². The average molecular weight is 250 g/mol. The van der Waals surface area contributed by atoms with Crippen LogP contribution in [-0.2, 0) is 22.2 Å². The third-order valence-corrected chi connectivity index (χ3v) is 4.69. The van der Waals surface area contributed by atoms with Crippen molar-refractivity contribution in [2.24, 2.45) is 0 Å². The summed E-state index contributed by atoms with van der Waals surface area (Å²) in [7, 11) is -1.07. The zero-order chi connectivity index (χ0) is 11.8. The fourth-order valence-corrected chi connectivity index (χ4v) is 3.63. The van der Waals surface area contributed by atoms with E-state index in [1.54, 1.807) is 0 Å². The fourth-order valence-electron chi connectivity index (χ4n) is 2.32. The van der Waals surface area contributed by atoms with Crippen molar-refractivity contribution in [2.45, 2.75) is 24.2 Å². The number of amides is 1. The first-order valence-electron chi connectivity index (χ1n) is 5.84. The highest BCUT2D eigenvalue weighted by Gasteiger charge is 2.22. The molecular formula is C12H14N2O2S. The quantitative estimate of drug-likeness (QED) is 0.860. The van der Waals surface area contributed by atoms with Crippen molar-refractivity contribution in [1.82, 2.24) is 4.31 Å². The zero-order valence-electron chi connectivity index (χ0n) is 9.44.